The van der Waals surface area contributed by atoms with Crippen molar-refractivity contribution in [1.29, 1.82) is 0 Å². The Bertz CT molecular complexity index is 431. The van der Waals surface area contributed by atoms with Gasteiger partial charge in [-0.05, 0) is 25.0 Å². The van der Waals surface area contributed by atoms with Gasteiger partial charge < -0.3 is 5.73 Å². The molecule has 0 amide bonds. The molecule has 0 radical (unpaired) electrons. The number of hydrogen-bond acceptors (Lipinski definition) is 3. The lowest BCUT2D eigenvalue weighted by molar-refractivity contribution is 1.29. The SMILES string of the molecule is Cc1cnc2scc(N)c2c1C. The van der Waals surface area contributed by atoms with E-state index in [1.807, 2.05) is 11.6 Å². The fraction of sp³-hybridized carbons (Fsp3) is 0.222. The van der Waals surface area contributed by atoms with Gasteiger partial charge in [0.05, 0.1) is 5.69 Å². The summed E-state index contributed by atoms with van der Waals surface area (Å²) >= 11 is 1.60. The maximum Gasteiger partial charge on any atom is 0.125 e. The van der Waals surface area contributed by atoms with Crippen LogP contribution in [-0.4, -0.2) is 4.98 Å². The molecule has 2 heterocycles. The molecule has 0 aliphatic rings. The number of nitrogen functional groups attached to an aromatic ring is 1. The number of fused-ring (bicyclic) bond motifs is 1. The first-order valence-corrected chi connectivity index (χ1v) is 4.67. The number of anilines is 1. The maximum absolute atomic E-state index is 5.82. The van der Waals surface area contributed by atoms with E-state index in [4.69, 9.17) is 5.73 Å². The van der Waals surface area contributed by atoms with Crippen molar-refractivity contribution >= 4 is 27.2 Å². The molecule has 0 bridgehead atoms. The lowest BCUT2D eigenvalue weighted by atomic mass is 10.1. The van der Waals surface area contributed by atoms with Crippen molar-refractivity contribution in [2.45, 2.75) is 13.8 Å². The van der Waals surface area contributed by atoms with Gasteiger partial charge in [0.25, 0.3) is 0 Å². The Balaban J connectivity index is 2.96. The van der Waals surface area contributed by atoms with Crippen LogP contribution in [0, 0.1) is 13.8 Å². The summed E-state index contributed by atoms with van der Waals surface area (Å²) in [6.07, 6.45) is 1.90. The molecule has 0 fully saturated rings. The Morgan fingerprint density at radius 3 is 2.92 bits per heavy atom. The van der Waals surface area contributed by atoms with Gasteiger partial charge in [-0.2, -0.15) is 0 Å². The second-order valence-electron chi connectivity index (χ2n) is 2.94. The number of nitrogens with two attached hydrogens (primary N) is 1. The number of aryl methyl sites for hydroxylation is 2. The molecular weight excluding hydrogens is 168 g/mol. The average Bonchev–Trinajstić information content (AvgIpc) is 2.41. The van der Waals surface area contributed by atoms with Crippen LogP contribution in [0.3, 0.4) is 0 Å². The summed E-state index contributed by atoms with van der Waals surface area (Å²) in [7, 11) is 0. The first kappa shape index (κ1) is 7.55. The highest BCUT2D eigenvalue weighted by atomic mass is 32.1. The quantitative estimate of drug-likeness (QED) is 0.673. The first-order valence-electron chi connectivity index (χ1n) is 3.79. The normalized spacial score (nSPS) is 10.8. The van der Waals surface area contributed by atoms with E-state index in [-0.39, 0.29) is 0 Å². The van der Waals surface area contributed by atoms with Gasteiger partial charge in [-0.3, -0.25) is 0 Å². The molecule has 12 heavy (non-hydrogen) atoms. The van der Waals surface area contributed by atoms with Crippen LogP contribution >= 0.6 is 11.3 Å². The zero-order chi connectivity index (χ0) is 8.72. The van der Waals surface area contributed by atoms with Gasteiger partial charge in [-0.25, -0.2) is 4.98 Å². The Labute approximate surface area is 75.0 Å². The Morgan fingerprint density at radius 2 is 2.17 bits per heavy atom. The van der Waals surface area contributed by atoms with Crippen molar-refractivity contribution in [1.82, 2.24) is 4.98 Å². The molecule has 0 spiro atoms. The van der Waals surface area contributed by atoms with Crippen molar-refractivity contribution in [2.24, 2.45) is 0 Å². The molecule has 0 aromatic carbocycles. The van der Waals surface area contributed by atoms with Gasteiger partial charge >= 0.3 is 0 Å². The number of pyridine rings is 1. The summed E-state index contributed by atoms with van der Waals surface area (Å²) in [6.45, 7) is 4.14. The van der Waals surface area contributed by atoms with Crippen LogP contribution in [0.4, 0.5) is 5.69 Å². The van der Waals surface area contributed by atoms with Gasteiger partial charge in [0, 0.05) is 17.0 Å². The van der Waals surface area contributed by atoms with Crippen molar-refractivity contribution in [3.63, 3.8) is 0 Å². The van der Waals surface area contributed by atoms with E-state index in [1.165, 1.54) is 11.1 Å². The summed E-state index contributed by atoms with van der Waals surface area (Å²) < 4.78 is 0. The molecule has 2 nitrogen and oxygen atoms in total. The van der Waals surface area contributed by atoms with Crippen LogP contribution in [0.25, 0.3) is 10.2 Å². The predicted molar refractivity (Wildman–Crippen MR) is 53.5 cm³/mol. The summed E-state index contributed by atoms with van der Waals surface area (Å²) in [5, 5.41) is 3.07. The van der Waals surface area contributed by atoms with Crippen LogP contribution in [-0.2, 0) is 0 Å². The summed E-state index contributed by atoms with van der Waals surface area (Å²) in [5.74, 6) is 0. The molecule has 0 unspecified atom stereocenters. The minimum absolute atomic E-state index is 0.851. The number of aromatic nitrogens is 1. The Morgan fingerprint density at radius 1 is 1.42 bits per heavy atom. The van der Waals surface area contributed by atoms with E-state index < -0.39 is 0 Å². The fourth-order valence-electron chi connectivity index (χ4n) is 1.28. The largest absolute Gasteiger partial charge is 0.397 e. The number of thiophene rings is 1. The maximum atomic E-state index is 5.82. The summed E-state index contributed by atoms with van der Waals surface area (Å²) in [4.78, 5) is 5.34. The van der Waals surface area contributed by atoms with E-state index in [2.05, 4.69) is 18.8 Å². The highest BCUT2D eigenvalue weighted by Gasteiger charge is 2.06. The van der Waals surface area contributed by atoms with E-state index >= 15 is 0 Å². The predicted octanol–water partition coefficient (Wildman–Crippen LogP) is 2.50. The molecule has 0 saturated carbocycles. The second kappa shape index (κ2) is 2.45. The van der Waals surface area contributed by atoms with Crippen molar-refractivity contribution in [2.75, 3.05) is 5.73 Å². The van der Waals surface area contributed by atoms with E-state index in [9.17, 15) is 0 Å². The molecule has 0 aliphatic carbocycles. The van der Waals surface area contributed by atoms with E-state index in [0.29, 0.717) is 0 Å². The minimum atomic E-state index is 0.851. The van der Waals surface area contributed by atoms with E-state index in [1.54, 1.807) is 11.3 Å². The van der Waals surface area contributed by atoms with Crippen molar-refractivity contribution < 1.29 is 0 Å². The monoisotopic (exact) mass is 178 g/mol. The number of nitrogens with zero attached hydrogens (tertiary/aromatic N) is 1. The molecule has 2 aromatic heterocycles. The third-order valence-electron chi connectivity index (χ3n) is 2.14. The van der Waals surface area contributed by atoms with Gasteiger partial charge in [-0.1, -0.05) is 0 Å². The number of hydrogen-bond donors (Lipinski definition) is 1. The smallest absolute Gasteiger partial charge is 0.125 e. The highest BCUT2D eigenvalue weighted by molar-refractivity contribution is 7.17. The first-order chi connectivity index (χ1) is 5.70. The number of rotatable bonds is 0. The second-order valence-corrected chi connectivity index (χ2v) is 3.80. The molecular formula is C9H10N2S. The van der Waals surface area contributed by atoms with Gasteiger partial charge in [0.15, 0.2) is 0 Å². The minimum Gasteiger partial charge on any atom is -0.397 e. The Kier molecular flexibility index (Phi) is 1.54. The zero-order valence-electron chi connectivity index (χ0n) is 7.09. The van der Waals surface area contributed by atoms with Gasteiger partial charge in [0.1, 0.15) is 4.83 Å². The van der Waals surface area contributed by atoms with Crippen molar-refractivity contribution in [3.05, 3.63) is 22.7 Å². The van der Waals surface area contributed by atoms with Crippen molar-refractivity contribution in [3.8, 4) is 0 Å². The lowest BCUT2D eigenvalue weighted by Gasteiger charge is -2.00. The molecule has 2 rings (SSSR count). The molecule has 0 atom stereocenters. The molecule has 0 saturated heterocycles. The van der Waals surface area contributed by atoms with Crippen LogP contribution in [0.1, 0.15) is 11.1 Å². The third kappa shape index (κ3) is 0.898. The summed E-state index contributed by atoms with van der Waals surface area (Å²) in [5.41, 5.74) is 9.12. The van der Waals surface area contributed by atoms with Crippen LogP contribution in [0.2, 0.25) is 0 Å². The Hall–Kier alpha value is -1.09. The molecule has 0 aliphatic heterocycles. The van der Waals surface area contributed by atoms with Crippen LogP contribution < -0.4 is 5.73 Å². The molecule has 2 N–H and O–H groups in total. The summed E-state index contributed by atoms with van der Waals surface area (Å²) in [6, 6.07) is 0. The topological polar surface area (TPSA) is 38.9 Å². The molecule has 3 heteroatoms. The van der Waals surface area contributed by atoms with Gasteiger partial charge in [-0.15, -0.1) is 11.3 Å². The van der Waals surface area contributed by atoms with Crippen LogP contribution in [0.5, 0.6) is 0 Å². The van der Waals surface area contributed by atoms with Crippen LogP contribution in [0.15, 0.2) is 11.6 Å². The molecule has 2 aromatic rings. The zero-order valence-corrected chi connectivity index (χ0v) is 7.90. The van der Waals surface area contributed by atoms with E-state index in [0.717, 1.165) is 15.9 Å². The van der Waals surface area contributed by atoms with Gasteiger partial charge in [0.2, 0.25) is 0 Å². The third-order valence-corrected chi connectivity index (χ3v) is 3.05. The average molecular weight is 178 g/mol. The highest BCUT2D eigenvalue weighted by Crippen LogP contribution is 2.30. The standard InChI is InChI=1S/C9H10N2S/c1-5-3-11-9-8(6(5)2)7(10)4-12-9/h3-4H,10H2,1-2H3. The fourth-order valence-corrected chi connectivity index (χ4v) is 2.14. The molecule has 62 valence electrons. The lowest BCUT2D eigenvalue weighted by Crippen LogP contribution is -1.88.